The van der Waals surface area contributed by atoms with E-state index in [2.05, 4.69) is 0 Å². The molecule has 10 heteroatoms. The zero-order valence-electron chi connectivity index (χ0n) is 21.0. The Balaban J connectivity index is 1.56. The standard InChI is InChI=1S/C28H30O9S/c1-19-13-15-23(16-14-19)38(31,32)37-25-24(29)20(2)35-27(33-17-21-9-5-3-6-10-21)26(25)36-28(30)34-18-22-11-7-4-8-12-22/h3-16,20,24-27,29H,17-18H2,1-2H3/t20-,24-,25-,26+,27-/m1/s1. The highest BCUT2D eigenvalue weighted by atomic mass is 32.2. The minimum Gasteiger partial charge on any atom is -0.429 e. The summed E-state index contributed by atoms with van der Waals surface area (Å²) in [6.07, 6.45) is -7.70. The van der Waals surface area contributed by atoms with Crippen LogP contribution in [0.2, 0.25) is 0 Å². The van der Waals surface area contributed by atoms with Gasteiger partial charge in [0.2, 0.25) is 0 Å². The van der Waals surface area contributed by atoms with E-state index in [1.807, 2.05) is 43.3 Å². The molecule has 4 rings (SSSR count). The minimum atomic E-state index is -4.35. The molecular weight excluding hydrogens is 512 g/mol. The van der Waals surface area contributed by atoms with Crippen LogP contribution in [0, 0.1) is 6.92 Å². The summed E-state index contributed by atoms with van der Waals surface area (Å²) in [6.45, 7) is 3.36. The van der Waals surface area contributed by atoms with E-state index >= 15 is 0 Å². The van der Waals surface area contributed by atoms with E-state index in [4.69, 9.17) is 23.1 Å². The van der Waals surface area contributed by atoms with Crippen molar-refractivity contribution in [2.45, 2.75) is 62.7 Å². The lowest BCUT2D eigenvalue weighted by Gasteiger charge is -2.41. The Kier molecular flexibility index (Phi) is 9.13. The molecule has 0 radical (unpaired) electrons. The Morgan fingerprint density at radius 2 is 1.45 bits per heavy atom. The molecule has 202 valence electrons. The van der Waals surface area contributed by atoms with Crippen molar-refractivity contribution in [3.05, 3.63) is 102 Å². The van der Waals surface area contributed by atoms with Crippen LogP contribution in [0.3, 0.4) is 0 Å². The summed E-state index contributed by atoms with van der Waals surface area (Å²) in [5, 5.41) is 10.9. The Labute approximate surface area is 222 Å². The van der Waals surface area contributed by atoms with Crippen LogP contribution in [-0.2, 0) is 46.5 Å². The van der Waals surface area contributed by atoms with Crippen molar-refractivity contribution in [2.24, 2.45) is 0 Å². The molecule has 5 atom stereocenters. The predicted molar refractivity (Wildman–Crippen MR) is 136 cm³/mol. The molecule has 0 amide bonds. The van der Waals surface area contributed by atoms with Crippen LogP contribution in [0.15, 0.2) is 89.8 Å². The molecule has 1 aliphatic rings. The number of hydrogen-bond acceptors (Lipinski definition) is 9. The van der Waals surface area contributed by atoms with E-state index in [0.717, 1.165) is 16.7 Å². The third-order valence-electron chi connectivity index (χ3n) is 5.99. The molecule has 0 bridgehead atoms. The third-order valence-corrected chi connectivity index (χ3v) is 7.32. The summed E-state index contributed by atoms with van der Waals surface area (Å²) in [4.78, 5) is 12.6. The molecule has 0 aliphatic carbocycles. The van der Waals surface area contributed by atoms with Gasteiger partial charge >= 0.3 is 6.16 Å². The first-order valence-corrected chi connectivity index (χ1v) is 13.5. The fourth-order valence-electron chi connectivity index (χ4n) is 3.88. The summed E-state index contributed by atoms with van der Waals surface area (Å²) in [5.74, 6) is 0. The second kappa shape index (κ2) is 12.5. The first-order valence-electron chi connectivity index (χ1n) is 12.1. The SMILES string of the molecule is Cc1ccc(S(=O)(=O)O[C@@H]2[C@H](O)[C@@H](C)O[C@@H](OCc3ccccc3)[C@H]2OC(=O)OCc2ccccc2)cc1. The fraction of sp³-hybridized carbons (Fsp3) is 0.321. The topological polar surface area (TPSA) is 118 Å². The maximum absolute atomic E-state index is 13.1. The van der Waals surface area contributed by atoms with Crippen molar-refractivity contribution in [1.29, 1.82) is 0 Å². The van der Waals surface area contributed by atoms with E-state index in [1.54, 1.807) is 43.3 Å². The van der Waals surface area contributed by atoms with Crippen LogP contribution in [-0.4, -0.2) is 50.4 Å². The van der Waals surface area contributed by atoms with Gasteiger partial charge in [0.15, 0.2) is 12.4 Å². The molecule has 1 heterocycles. The number of aliphatic hydroxyl groups excluding tert-OH is 1. The summed E-state index contributed by atoms with van der Waals surface area (Å²) in [6, 6.07) is 24.2. The van der Waals surface area contributed by atoms with Gasteiger partial charge in [0.05, 0.1) is 17.6 Å². The third kappa shape index (κ3) is 7.18. The van der Waals surface area contributed by atoms with E-state index < -0.39 is 47.0 Å². The van der Waals surface area contributed by atoms with Gasteiger partial charge in [-0.05, 0) is 37.1 Å². The van der Waals surface area contributed by atoms with Crippen molar-refractivity contribution >= 4 is 16.3 Å². The molecule has 9 nitrogen and oxygen atoms in total. The van der Waals surface area contributed by atoms with E-state index in [0.29, 0.717) is 0 Å². The van der Waals surface area contributed by atoms with Crippen molar-refractivity contribution < 1.29 is 41.4 Å². The van der Waals surface area contributed by atoms with Crippen LogP contribution in [0.4, 0.5) is 4.79 Å². The van der Waals surface area contributed by atoms with Crippen molar-refractivity contribution in [1.82, 2.24) is 0 Å². The molecule has 1 aliphatic heterocycles. The lowest BCUT2D eigenvalue weighted by molar-refractivity contribution is -0.293. The monoisotopic (exact) mass is 542 g/mol. The number of hydrogen-bond donors (Lipinski definition) is 1. The van der Waals surface area contributed by atoms with Crippen molar-refractivity contribution in [2.75, 3.05) is 0 Å². The van der Waals surface area contributed by atoms with Crippen LogP contribution < -0.4 is 0 Å². The summed E-state index contributed by atoms with van der Waals surface area (Å²) in [7, 11) is -4.35. The Bertz CT molecular complexity index is 1280. The summed E-state index contributed by atoms with van der Waals surface area (Å²) < 4.78 is 54.1. The highest BCUT2D eigenvalue weighted by Crippen LogP contribution is 2.30. The number of carbonyl (C=O) groups is 1. The van der Waals surface area contributed by atoms with Gasteiger partial charge < -0.3 is 24.1 Å². The number of ether oxygens (including phenoxy) is 4. The zero-order chi connectivity index (χ0) is 27.1. The van der Waals surface area contributed by atoms with Gasteiger partial charge in [0, 0.05) is 0 Å². The largest absolute Gasteiger partial charge is 0.509 e. The van der Waals surface area contributed by atoms with Crippen molar-refractivity contribution in [3.8, 4) is 0 Å². The van der Waals surface area contributed by atoms with Gasteiger partial charge in [0.25, 0.3) is 10.1 Å². The summed E-state index contributed by atoms with van der Waals surface area (Å²) >= 11 is 0. The van der Waals surface area contributed by atoms with Crippen LogP contribution in [0.25, 0.3) is 0 Å². The lowest BCUT2D eigenvalue weighted by Crippen LogP contribution is -2.60. The quantitative estimate of drug-likeness (QED) is 0.315. The van der Waals surface area contributed by atoms with Gasteiger partial charge in [0.1, 0.15) is 18.8 Å². The molecule has 1 N–H and O–H groups in total. The maximum atomic E-state index is 13.1. The second-order valence-electron chi connectivity index (χ2n) is 8.93. The Morgan fingerprint density at radius 3 is 2.05 bits per heavy atom. The molecule has 3 aromatic rings. The summed E-state index contributed by atoms with van der Waals surface area (Å²) in [5.41, 5.74) is 2.40. The number of benzene rings is 3. The van der Waals surface area contributed by atoms with Gasteiger partial charge in [-0.25, -0.2) is 4.79 Å². The fourth-order valence-corrected chi connectivity index (χ4v) is 4.97. The maximum Gasteiger partial charge on any atom is 0.509 e. The van der Waals surface area contributed by atoms with Crippen molar-refractivity contribution in [3.63, 3.8) is 0 Å². The molecule has 38 heavy (non-hydrogen) atoms. The number of aryl methyl sites for hydroxylation is 1. The van der Waals surface area contributed by atoms with Gasteiger partial charge in [-0.3, -0.25) is 4.18 Å². The minimum absolute atomic E-state index is 0.0741. The molecule has 0 unspecified atom stereocenters. The van der Waals surface area contributed by atoms with Crippen LogP contribution >= 0.6 is 0 Å². The van der Waals surface area contributed by atoms with Gasteiger partial charge in [-0.1, -0.05) is 78.4 Å². The zero-order valence-corrected chi connectivity index (χ0v) is 21.8. The van der Waals surface area contributed by atoms with E-state index in [-0.39, 0.29) is 18.1 Å². The van der Waals surface area contributed by atoms with Crippen LogP contribution in [0.1, 0.15) is 23.6 Å². The van der Waals surface area contributed by atoms with Gasteiger partial charge in [-0.2, -0.15) is 8.42 Å². The number of carbonyl (C=O) groups excluding carboxylic acids is 1. The number of rotatable bonds is 9. The van der Waals surface area contributed by atoms with E-state index in [1.165, 1.54) is 12.1 Å². The molecular formula is C28H30O9S. The predicted octanol–water partition coefficient (Wildman–Crippen LogP) is 4.11. The normalized spacial score (nSPS) is 23.5. The molecule has 0 spiro atoms. The molecule has 0 aromatic heterocycles. The smallest absolute Gasteiger partial charge is 0.429 e. The number of aliphatic hydroxyl groups is 1. The Morgan fingerprint density at radius 1 is 0.868 bits per heavy atom. The highest BCUT2D eigenvalue weighted by Gasteiger charge is 2.50. The van der Waals surface area contributed by atoms with Crippen LogP contribution in [0.5, 0.6) is 0 Å². The lowest BCUT2D eigenvalue weighted by atomic mass is 10.00. The van der Waals surface area contributed by atoms with E-state index in [9.17, 15) is 18.3 Å². The van der Waals surface area contributed by atoms with Gasteiger partial charge in [-0.15, -0.1) is 0 Å². The first-order chi connectivity index (χ1) is 18.2. The molecule has 3 aromatic carbocycles. The Hall–Kier alpha value is -3.28. The second-order valence-corrected chi connectivity index (χ2v) is 10.5. The average Bonchev–Trinajstić information content (AvgIpc) is 2.92. The first kappa shape index (κ1) is 27.7. The molecule has 1 fully saturated rings. The molecule has 1 saturated heterocycles. The average molecular weight is 543 g/mol. The molecule has 0 saturated carbocycles. The highest BCUT2D eigenvalue weighted by molar-refractivity contribution is 7.86.